The van der Waals surface area contributed by atoms with Gasteiger partial charge in [-0.25, -0.2) is 0 Å². The van der Waals surface area contributed by atoms with Crippen molar-refractivity contribution < 1.29 is 13.2 Å². The minimum Gasteiger partial charge on any atom is -0.378 e. The SMILES string of the molecule is CCNCC1CCCCN1S(=O)(=O)N1CCOCC1C. The van der Waals surface area contributed by atoms with E-state index in [9.17, 15) is 8.42 Å². The van der Waals surface area contributed by atoms with E-state index in [1.54, 1.807) is 8.61 Å². The van der Waals surface area contributed by atoms with Crippen molar-refractivity contribution in [3.63, 3.8) is 0 Å². The molecule has 0 bridgehead atoms. The Morgan fingerprint density at radius 3 is 2.75 bits per heavy atom. The van der Waals surface area contributed by atoms with Crippen LogP contribution in [0.3, 0.4) is 0 Å². The summed E-state index contributed by atoms with van der Waals surface area (Å²) in [6.45, 7) is 7.68. The molecule has 2 heterocycles. The Hall–Kier alpha value is -0.210. The molecule has 0 aliphatic carbocycles. The highest BCUT2D eigenvalue weighted by molar-refractivity contribution is 7.86. The summed E-state index contributed by atoms with van der Waals surface area (Å²) in [5.74, 6) is 0. The van der Waals surface area contributed by atoms with E-state index in [1.165, 1.54) is 0 Å². The molecule has 2 rings (SSSR count). The van der Waals surface area contributed by atoms with Crippen LogP contribution in [0.4, 0.5) is 0 Å². The van der Waals surface area contributed by atoms with Crippen molar-refractivity contribution in [2.45, 2.75) is 45.2 Å². The Morgan fingerprint density at radius 1 is 1.25 bits per heavy atom. The number of hydrogen-bond donors (Lipinski definition) is 1. The van der Waals surface area contributed by atoms with Crippen LogP contribution in [0.2, 0.25) is 0 Å². The van der Waals surface area contributed by atoms with Crippen LogP contribution >= 0.6 is 0 Å². The van der Waals surface area contributed by atoms with Crippen LogP contribution in [0, 0.1) is 0 Å². The van der Waals surface area contributed by atoms with Gasteiger partial charge in [-0.1, -0.05) is 13.3 Å². The van der Waals surface area contributed by atoms with E-state index >= 15 is 0 Å². The maximum absolute atomic E-state index is 12.9. The number of ether oxygens (including phenoxy) is 1. The van der Waals surface area contributed by atoms with Crippen molar-refractivity contribution >= 4 is 10.2 Å². The van der Waals surface area contributed by atoms with E-state index in [4.69, 9.17) is 4.74 Å². The fraction of sp³-hybridized carbons (Fsp3) is 1.00. The van der Waals surface area contributed by atoms with Gasteiger partial charge in [-0.3, -0.25) is 0 Å². The molecule has 20 heavy (non-hydrogen) atoms. The van der Waals surface area contributed by atoms with Crippen LogP contribution in [-0.2, 0) is 14.9 Å². The van der Waals surface area contributed by atoms with Crippen molar-refractivity contribution in [2.24, 2.45) is 0 Å². The molecule has 2 aliphatic rings. The van der Waals surface area contributed by atoms with Gasteiger partial charge in [-0.2, -0.15) is 17.0 Å². The fourth-order valence-corrected chi connectivity index (χ4v) is 4.99. The molecule has 0 aromatic heterocycles. The van der Waals surface area contributed by atoms with Gasteiger partial charge in [0.1, 0.15) is 0 Å². The highest BCUT2D eigenvalue weighted by atomic mass is 32.2. The largest absolute Gasteiger partial charge is 0.378 e. The van der Waals surface area contributed by atoms with Crippen LogP contribution in [0.15, 0.2) is 0 Å². The van der Waals surface area contributed by atoms with Crippen molar-refractivity contribution in [1.29, 1.82) is 0 Å². The minimum absolute atomic E-state index is 0.0736. The summed E-state index contributed by atoms with van der Waals surface area (Å²) in [7, 11) is -3.37. The molecular formula is C13H27N3O3S. The Bertz CT molecular complexity index is 402. The van der Waals surface area contributed by atoms with Gasteiger partial charge in [0.05, 0.1) is 13.2 Å². The molecular weight excluding hydrogens is 278 g/mol. The van der Waals surface area contributed by atoms with E-state index < -0.39 is 10.2 Å². The van der Waals surface area contributed by atoms with Gasteiger partial charge in [0.2, 0.25) is 0 Å². The number of likely N-dealkylation sites (N-methyl/N-ethyl adjacent to an activating group) is 1. The molecule has 2 fully saturated rings. The van der Waals surface area contributed by atoms with Gasteiger partial charge < -0.3 is 10.1 Å². The third-order valence-electron chi connectivity index (χ3n) is 4.10. The molecule has 0 aromatic carbocycles. The standard InChI is InChI=1S/C13H27N3O3S/c1-3-14-10-13-6-4-5-7-16(13)20(17,18)15-8-9-19-11-12(15)2/h12-14H,3-11H2,1-2H3. The van der Waals surface area contributed by atoms with E-state index in [0.717, 1.165) is 32.4 Å². The third kappa shape index (κ3) is 3.51. The molecule has 0 amide bonds. The predicted molar refractivity (Wildman–Crippen MR) is 78.8 cm³/mol. The lowest BCUT2D eigenvalue weighted by molar-refractivity contribution is 0.0347. The summed E-state index contributed by atoms with van der Waals surface area (Å²) >= 11 is 0. The summed E-state index contributed by atoms with van der Waals surface area (Å²) in [4.78, 5) is 0. The Balaban J connectivity index is 2.12. The van der Waals surface area contributed by atoms with Gasteiger partial charge in [0.15, 0.2) is 0 Å². The van der Waals surface area contributed by atoms with Crippen LogP contribution in [0.5, 0.6) is 0 Å². The molecule has 6 nitrogen and oxygen atoms in total. The molecule has 0 saturated carbocycles. The third-order valence-corrected chi connectivity index (χ3v) is 6.31. The van der Waals surface area contributed by atoms with Crippen LogP contribution in [0.1, 0.15) is 33.1 Å². The maximum Gasteiger partial charge on any atom is 0.282 e. The fourth-order valence-electron chi connectivity index (χ4n) is 2.98. The Morgan fingerprint density at radius 2 is 2.05 bits per heavy atom. The molecule has 2 aliphatic heterocycles. The normalized spacial score (nSPS) is 30.5. The molecule has 0 radical (unpaired) electrons. The molecule has 2 saturated heterocycles. The minimum atomic E-state index is -3.37. The molecule has 7 heteroatoms. The quantitative estimate of drug-likeness (QED) is 0.799. The second-order valence-corrected chi connectivity index (χ2v) is 7.44. The van der Waals surface area contributed by atoms with Gasteiger partial charge in [0.25, 0.3) is 10.2 Å². The van der Waals surface area contributed by atoms with E-state index in [0.29, 0.717) is 26.3 Å². The zero-order valence-corrected chi connectivity index (χ0v) is 13.4. The highest BCUT2D eigenvalue weighted by Crippen LogP contribution is 2.24. The molecule has 2 atom stereocenters. The second kappa shape index (κ2) is 7.17. The number of nitrogens with zero attached hydrogens (tertiary/aromatic N) is 2. The zero-order valence-electron chi connectivity index (χ0n) is 12.5. The predicted octanol–water partition coefficient (Wildman–Crippen LogP) is 0.416. The van der Waals surface area contributed by atoms with Crippen molar-refractivity contribution in [3.8, 4) is 0 Å². The first-order valence-electron chi connectivity index (χ1n) is 7.64. The van der Waals surface area contributed by atoms with Crippen molar-refractivity contribution in [1.82, 2.24) is 13.9 Å². The van der Waals surface area contributed by atoms with Gasteiger partial charge in [0, 0.05) is 31.7 Å². The molecule has 2 unspecified atom stereocenters. The first-order valence-corrected chi connectivity index (χ1v) is 9.04. The van der Waals surface area contributed by atoms with Crippen molar-refractivity contribution in [3.05, 3.63) is 0 Å². The number of rotatable bonds is 5. The lowest BCUT2D eigenvalue weighted by Gasteiger charge is -2.41. The maximum atomic E-state index is 12.9. The number of hydrogen-bond acceptors (Lipinski definition) is 4. The van der Waals surface area contributed by atoms with Gasteiger partial charge >= 0.3 is 0 Å². The van der Waals surface area contributed by atoms with E-state index in [1.807, 2.05) is 13.8 Å². The summed E-state index contributed by atoms with van der Waals surface area (Å²) in [6, 6.07) is 0.0132. The van der Waals surface area contributed by atoms with Crippen molar-refractivity contribution in [2.75, 3.05) is 39.4 Å². The molecule has 0 spiro atoms. The Kier molecular flexibility index (Phi) is 5.80. The van der Waals surface area contributed by atoms with Gasteiger partial charge in [-0.05, 0) is 26.3 Å². The molecule has 0 aromatic rings. The van der Waals surface area contributed by atoms with E-state index in [2.05, 4.69) is 5.32 Å². The Labute approximate surface area is 122 Å². The average molecular weight is 305 g/mol. The first kappa shape index (κ1) is 16.2. The lowest BCUT2D eigenvalue weighted by Crippen LogP contribution is -2.57. The molecule has 1 N–H and O–H groups in total. The monoisotopic (exact) mass is 305 g/mol. The highest BCUT2D eigenvalue weighted by Gasteiger charge is 2.39. The summed E-state index contributed by atoms with van der Waals surface area (Å²) in [5.41, 5.74) is 0. The van der Waals surface area contributed by atoms with Crippen LogP contribution in [0.25, 0.3) is 0 Å². The van der Waals surface area contributed by atoms with Crippen LogP contribution < -0.4 is 5.32 Å². The van der Waals surface area contributed by atoms with Gasteiger partial charge in [-0.15, -0.1) is 0 Å². The van der Waals surface area contributed by atoms with Crippen LogP contribution in [-0.4, -0.2) is 68.5 Å². The second-order valence-electron chi connectivity index (χ2n) is 5.61. The number of nitrogens with one attached hydrogen (secondary N) is 1. The lowest BCUT2D eigenvalue weighted by atomic mass is 10.1. The summed E-state index contributed by atoms with van der Waals surface area (Å²) in [5, 5.41) is 3.28. The molecule has 118 valence electrons. The summed E-state index contributed by atoms with van der Waals surface area (Å²) in [6.07, 6.45) is 3.02. The summed E-state index contributed by atoms with van der Waals surface area (Å²) < 4.78 is 34.5. The van der Waals surface area contributed by atoms with E-state index in [-0.39, 0.29) is 12.1 Å². The number of morpholine rings is 1. The first-order chi connectivity index (χ1) is 9.57. The topological polar surface area (TPSA) is 61.9 Å². The number of piperidine rings is 1. The smallest absolute Gasteiger partial charge is 0.282 e. The average Bonchev–Trinajstić information content (AvgIpc) is 2.45. The zero-order chi connectivity index (χ0) is 14.6.